The van der Waals surface area contributed by atoms with Crippen LogP contribution >= 0.6 is 0 Å². The van der Waals surface area contributed by atoms with Crippen molar-refractivity contribution in [2.24, 2.45) is 0 Å². The topological polar surface area (TPSA) is 58.6 Å². The Bertz CT molecular complexity index is 590. The van der Waals surface area contributed by atoms with Gasteiger partial charge in [0, 0.05) is 6.07 Å². The Balaban J connectivity index is 2.54. The molecule has 2 unspecified atom stereocenters. The molecule has 0 aromatic heterocycles. The normalized spacial score (nSPS) is 25.8. The highest BCUT2D eigenvalue weighted by Gasteiger charge is 2.46. The van der Waals surface area contributed by atoms with Crippen LogP contribution in [-0.4, -0.2) is 30.5 Å². The maximum absolute atomic E-state index is 14.1. The molecule has 1 aromatic carbocycles. The molecule has 2 amide bonds. The van der Waals surface area contributed by atoms with Crippen molar-refractivity contribution < 1.29 is 18.7 Å². The standard InChI is InChI=1S/C15H19FN2O3/c1-5-15(3)14(20)18(9(2)13(19)17-15)12-8-10(21-4)6-7-11(12)16/h6-9H,5H2,1-4H3,(H,17,19). The number of carbonyl (C=O) groups is 2. The lowest BCUT2D eigenvalue weighted by molar-refractivity contribution is -0.137. The van der Waals surface area contributed by atoms with Crippen molar-refractivity contribution in [2.75, 3.05) is 12.0 Å². The zero-order valence-electron chi connectivity index (χ0n) is 12.6. The van der Waals surface area contributed by atoms with Gasteiger partial charge in [-0.25, -0.2) is 4.39 Å². The molecule has 0 saturated carbocycles. The summed E-state index contributed by atoms with van der Waals surface area (Å²) < 4.78 is 19.2. The number of halogens is 1. The van der Waals surface area contributed by atoms with Crippen LogP contribution in [0.5, 0.6) is 5.75 Å². The van der Waals surface area contributed by atoms with E-state index in [0.717, 1.165) is 0 Å². The minimum Gasteiger partial charge on any atom is -0.497 e. The fourth-order valence-electron chi connectivity index (χ4n) is 2.35. The molecular weight excluding hydrogens is 275 g/mol. The molecule has 6 heteroatoms. The Labute approximate surface area is 123 Å². The quantitative estimate of drug-likeness (QED) is 0.925. The highest BCUT2D eigenvalue weighted by Crippen LogP contribution is 2.31. The SMILES string of the molecule is CCC1(C)NC(=O)C(C)N(c2cc(OC)ccc2F)C1=O. The number of benzene rings is 1. The summed E-state index contributed by atoms with van der Waals surface area (Å²) in [4.78, 5) is 26.0. The Morgan fingerprint density at radius 2 is 2.10 bits per heavy atom. The summed E-state index contributed by atoms with van der Waals surface area (Å²) in [7, 11) is 1.46. The Hall–Kier alpha value is -2.11. The third-order valence-electron chi connectivity index (χ3n) is 3.98. The van der Waals surface area contributed by atoms with Crippen molar-refractivity contribution in [3.05, 3.63) is 24.0 Å². The molecule has 0 aliphatic carbocycles. The first-order valence-electron chi connectivity index (χ1n) is 6.83. The lowest BCUT2D eigenvalue weighted by Crippen LogP contribution is -2.68. The maximum Gasteiger partial charge on any atom is 0.253 e. The summed E-state index contributed by atoms with van der Waals surface area (Å²) in [5.41, 5.74) is -0.972. The first-order valence-corrected chi connectivity index (χ1v) is 6.83. The lowest BCUT2D eigenvalue weighted by atomic mass is 9.91. The summed E-state index contributed by atoms with van der Waals surface area (Å²) in [6, 6.07) is 3.35. The van der Waals surface area contributed by atoms with Gasteiger partial charge < -0.3 is 10.1 Å². The molecule has 0 spiro atoms. The van der Waals surface area contributed by atoms with Crippen molar-refractivity contribution in [3.8, 4) is 5.75 Å². The number of nitrogens with zero attached hydrogens (tertiary/aromatic N) is 1. The number of hydrogen-bond donors (Lipinski definition) is 1. The van der Waals surface area contributed by atoms with Crippen molar-refractivity contribution in [3.63, 3.8) is 0 Å². The highest BCUT2D eigenvalue weighted by molar-refractivity contribution is 6.10. The summed E-state index contributed by atoms with van der Waals surface area (Å²) >= 11 is 0. The van der Waals surface area contributed by atoms with Gasteiger partial charge in [0.05, 0.1) is 12.8 Å². The lowest BCUT2D eigenvalue weighted by Gasteiger charge is -2.43. The molecular formula is C15H19FN2O3. The number of rotatable bonds is 3. The second-order valence-electron chi connectivity index (χ2n) is 5.34. The smallest absolute Gasteiger partial charge is 0.253 e. The Morgan fingerprint density at radius 1 is 1.43 bits per heavy atom. The zero-order chi connectivity index (χ0) is 15.8. The van der Waals surface area contributed by atoms with Gasteiger partial charge in [0.25, 0.3) is 5.91 Å². The van der Waals surface area contributed by atoms with Crippen LogP contribution in [0.2, 0.25) is 0 Å². The van der Waals surface area contributed by atoms with E-state index in [0.29, 0.717) is 12.2 Å². The van der Waals surface area contributed by atoms with Crippen LogP contribution in [0.3, 0.4) is 0 Å². The van der Waals surface area contributed by atoms with Gasteiger partial charge in [-0.1, -0.05) is 6.92 Å². The van der Waals surface area contributed by atoms with Crippen LogP contribution in [-0.2, 0) is 9.59 Å². The van der Waals surface area contributed by atoms with Crippen LogP contribution in [0.25, 0.3) is 0 Å². The monoisotopic (exact) mass is 294 g/mol. The van der Waals surface area contributed by atoms with Crippen LogP contribution in [0.1, 0.15) is 27.2 Å². The fraction of sp³-hybridized carbons (Fsp3) is 0.467. The number of carbonyl (C=O) groups excluding carboxylic acids is 2. The van der Waals surface area contributed by atoms with E-state index in [1.807, 2.05) is 0 Å². The van der Waals surface area contributed by atoms with Gasteiger partial charge in [-0.05, 0) is 32.4 Å². The Morgan fingerprint density at radius 3 is 2.67 bits per heavy atom. The van der Waals surface area contributed by atoms with E-state index in [9.17, 15) is 14.0 Å². The predicted octanol–water partition coefficient (Wildman–Crippen LogP) is 1.85. The van der Waals surface area contributed by atoms with Gasteiger partial charge in [-0.3, -0.25) is 14.5 Å². The van der Waals surface area contributed by atoms with Crippen LogP contribution in [0.4, 0.5) is 10.1 Å². The van der Waals surface area contributed by atoms with Gasteiger partial charge >= 0.3 is 0 Å². The van der Waals surface area contributed by atoms with E-state index in [-0.39, 0.29) is 17.5 Å². The summed E-state index contributed by atoms with van der Waals surface area (Å²) in [6.45, 7) is 5.01. The van der Waals surface area contributed by atoms with Crippen molar-refractivity contribution in [1.29, 1.82) is 0 Å². The number of ether oxygens (including phenoxy) is 1. The average Bonchev–Trinajstić information content (AvgIpc) is 2.47. The van der Waals surface area contributed by atoms with E-state index in [4.69, 9.17) is 4.74 Å². The fourth-order valence-corrected chi connectivity index (χ4v) is 2.35. The predicted molar refractivity (Wildman–Crippen MR) is 76.7 cm³/mol. The van der Waals surface area contributed by atoms with Gasteiger partial charge in [0.1, 0.15) is 23.1 Å². The molecule has 1 aliphatic heterocycles. The van der Waals surface area contributed by atoms with Gasteiger partial charge in [-0.15, -0.1) is 0 Å². The van der Waals surface area contributed by atoms with E-state index in [1.54, 1.807) is 20.8 Å². The molecule has 114 valence electrons. The number of nitrogens with one attached hydrogen (secondary N) is 1. The first-order chi connectivity index (χ1) is 9.84. The summed E-state index contributed by atoms with van der Waals surface area (Å²) in [5.74, 6) is -0.773. The zero-order valence-corrected chi connectivity index (χ0v) is 12.6. The van der Waals surface area contributed by atoms with Gasteiger partial charge in [0.15, 0.2) is 0 Å². The number of methoxy groups -OCH3 is 1. The molecule has 1 N–H and O–H groups in total. The molecule has 2 atom stereocenters. The van der Waals surface area contributed by atoms with E-state index >= 15 is 0 Å². The van der Waals surface area contributed by atoms with Crippen LogP contribution in [0, 0.1) is 5.82 Å². The number of piperazine rings is 1. The average molecular weight is 294 g/mol. The number of hydrogen-bond acceptors (Lipinski definition) is 3. The molecule has 1 heterocycles. The molecule has 2 rings (SSSR count). The molecule has 0 radical (unpaired) electrons. The number of anilines is 1. The van der Waals surface area contributed by atoms with E-state index in [1.165, 1.54) is 30.2 Å². The van der Waals surface area contributed by atoms with Crippen molar-refractivity contribution in [1.82, 2.24) is 5.32 Å². The summed E-state index contributed by atoms with van der Waals surface area (Å²) in [6.07, 6.45) is 0.423. The third-order valence-corrected chi connectivity index (χ3v) is 3.98. The first kappa shape index (κ1) is 15.3. The van der Waals surface area contributed by atoms with Gasteiger partial charge in [0.2, 0.25) is 5.91 Å². The van der Waals surface area contributed by atoms with Crippen LogP contribution in [0.15, 0.2) is 18.2 Å². The third kappa shape index (κ3) is 2.46. The Kier molecular flexibility index (Phi) is 3.89. The van der Waals surface area contributed by atoms with E-state index < -0.39 is 17.4 Å². The molecule has 5 nitrogen and oxygen atoms in total. The molecule has 1 fully saturated rings. The van der Waals surface area contributed by atoms with Crippen molar-refractivity contribution in [2.45, 2.75) is 38.8 Å². The van der Waals surface area contributed by atoms with Crippen LogP contribution < -0.4 is 15.0 Å². The molecule has 21 heavy (non-hydrogen) atoms. The maximum atomic E-state index is 14.1. The minimum absolute atomic E-state index is 0.0568. The second kappa shape index (κ2) is 5.35. The largest absolute Gasteiger partial charge is 0.497 e. The number of amides is 2. The highest BCUT2D eigenvalue weighted by atomic mass is 19.1. The molecule has 0 bridgehead atoms. The van der Waals surface area contributed by atoms with Crippen molar-refractivity contribution >= 4 is 17.5 Å². The molecule has 1 aliphatic rings. The molecule has 1 aromatic rings. The van der Waals surface area contributed by atoms with Gasteiger partial charge in [-0.2, -0.15) is 0 Å². The summed E-state index contributed by atoms with van der Waals surface area (Å²) in [5, 5.41) is 2.71. The minimum atomic E-state index is -1.03. The second-order valence-corrected chi connectivity index (χ2v) is 5.34. The van der Waals surface area contributed by atoms with E-state index in [2.05, 4.69) is 5.32 Å². The molecule has 1 saturated heterocycles.